The van der Waals surface area contributed by atoms with Crippen LogP contribution in [-0.2, 0) is 16.1 Å². The molecule has 7 heteroatoms. The SMILES string of the molecule is CCC(=O)NC1COCc2c(-c3ccc(N)c(N(C)N)c3)cncc21. The summed E-state index contributed by atoms with van der Waals surface area (Å²) in [5, 5.41) is 4.48. The fourth-order valence-corrected chi connectivity index (χ4v) is 3.01. The highest BCUT2D eigenvalue weighted by atomic mass is 16.5. The number of nitrogens with one attached hydrogen (secondary N) is 1. The van der Waals surface area contributed by atoms with Crippen LogP contribution >= 0.6 is 0 Å². The number of rotatable bonds is 4. The third-order valence-corrected chi connectivity index (χ3v) is 4.37. The molecule has 3 rings (SSSR count). The van der Waals surface area contributed by atoms with Gasteiger partial charge in [0.2, 0.25) is 5.91 Å². The van der Waals surface area contributed by atoms with E-state index in [1.807, 2.05) is 25.1 Å². The van der Waals surface area contributed by atoms with Crippen LogP contribution in [0, 0.1) is 0 Å². The molecule has 0 aliphatic carbocycles. The van der Waals surface area contributed by atoms with Crippen LogP contribution in [0.3, 0.4) is 0 Å². The average molecular weight is 341 g/mol. The summed E-state index contributed by atoms with van der Waals surface area (Å²) >= 11 is 0. The van der Waals surface area contributed by atoms with Crippen LogP contribution in [0.4, 0.5) is 11.4 Å². The summed E-state index contributed by atoms with van der Waals surface area (Å²) in [7, 11) is 1.74. The summed E-state index contributed by atoms with van der Waals surface area (Å²) in [6, 6.07) is 5.51. The smallest absolute Gasteiger partial charge is 0.220 e. The van der Waals surface area contributed by atoms with Gasteiger partial charge in [0.05, 0.1) is 30.6 Å². The Kier molecular flexibility index (Phi) is 4.87. The molecule has 0 radical (unpaired) electrons. The first-order valence-corrected chi connectivity index (χ1v) is 8.23. The normalized spacial score (nSPS) is 16.2. The molecule has 0 saturated carbocycles. The van der Waals surface area contributed by atoms with Gasteiger partial charge in [-0.3, -0.25) is 9.78 Å². The van der Waals surface area contributed by atoms with Gasteiger partial charge >= 0.3 is 0 Å². The molecule has 0 bridgehead atoms. The first kappa shape index (κ1) is 17.2. The van der Waals surface area contributed by atoms with Gasteiger partial charge in [0.25, 0.3) is 0 Å². The van der Waals surface area contributed by atoms with Crippen molar-refractivity contribution in [1.82, 2.24) is 10.3 Å². The van der Waals surface area contributed by atoms with Gasteiger partial charge in [-0.15, -0.1) is 0 Å². The number of nitrogens with zero attached hydrogens (tertiary/aromatic N) is 2. The van der Waals surface area contributed by atoms with Crippen LogP contribution in [0.15, 0.2) is 30.6 Å². The van der Waals surface area contributed by atoms with Crippen molar-refractivity contribution >= 4 is 17.3 Å². The molecule has 1 aromatic heterocycles. The number of benzene rings is 1. The lowest BCUT2D eigenvalue weighted by atomic mass is 9.93. The van der Waals surface area contributed by atoms with Crippen molar-refractivity contribution in [3.8, 4) is 11.1 Å². The van der Waals surface area contributed by atoms with Crippen molar-refractivity contribution in [3.05, 3.63) is 41.7 Å². The van der Waals surface area contributed by atoms with E-state index in [1.54, 1.807) is 19.4 Å². The molecule has 5 N–H and O–H groups in total. The number of carbonyl (C=O) groups excluding carboxylic acids is 1. The third kappa shape index (κ3) is 3.42. The van der Waals surface area contributed by atoms with E-state index in [4.69, 9.17) is 16.3 Å². The number of hydrazine groups is 1. The molecule has 1 amide bonds. The molecule has 0 saturated heterocycles. The minimum absolute atomic E-state index is 0.00798. The second-order valence-electron chi connectivity index (χ2n) is 6.13. The van der Waals surface area contributed by atoms with Gasteiger partial charge in [0, 0.05) is 37.0 Å². The van der Waals surface area contributed by atoms with Crippen molar-refractivity contribution in [2.75, 3.05) is 24.4 Å². The third-order valence-electron chi connectivity index (χ3n) is 4.37. The minimum atomic E-state index is -0.186. The number of amides is 1. The van der Waals surface area contributed by atoms with E-state index < -0.39 is 0 Å². The lowest BCUT2D eigenvalue weighted by Gasteiger charge is -2.28. The zero-order valence-corrected chi connectivity index (χ0v) is 14.5. The van der Waals surface area contributed by atoms with Crippen LogP contribution in [0.1, 0.15) is 30.5 Å². The summed E-state index contributed by atoms with van der Waals surface area (Å²) < 4.78 is 5.72. The van der Waals surface area contributed by atoms with E-state index in [-0.39, 0.29) is 11.9 Å². The minimum Gasteiger partial charge on any atom is -0.397 e. The zero-order valence-electron chi connectivity index (χ0n) is 14.5. The lowest BCUT2D eigenvalue weighted by molar-refractivity contribution is -0.122. The summed E-state index contributed by atoms with van der Waals surface area (Å²) in [6.07, 6.45) is 4.04. The second kappa shape index (κ2) is 7.08. The zero-order chi connectivity index (χ0) is 18.0. The number of carbonyl (C=O) groups is 1. The molecule has 0 spiro atoms. The summed E-state index contributed by atoms with van der Waals surface area (Å²) in [4.78, 5) is 16.2. The lowest BCUT2D eigenvalue weighted by Crippen LogP contribution is -2.34. The largest absolute Gasteiger partial charge is 0.397 e. The van der Waals surface area contributed by atoms with Crippen LogP contribution in [0.25, 0.3) is 11.1 Å². The number of ether oxygens (including phenoxy) is 1. The molecule has 7 nitrogen and oxygen atoms in total. The monoisotopic (exact) mass is 341 g/mol. The second-order valence-corrected chi connectivity index (χ2v) is 6.13. The molecule has 1 unspecified atom stereocenters. The van der Waals surface area contributed by atoms with Gasteiger partial charge in [-0.25, -0.2) is 5.84 Å². The molecule has 1 aromatic carbocycles. The van der Waals surface area contributed by atoms with Gasteiger partial charge in [-0.1, -0.05) is 13.0 Å². The molecule has 2 heterocycles. The Balaban J connectivity index is 2.04. The molecular formula is C18H23N5O2. The molecule has 132 valence electrons. The van der Waals surface area contributed by atoms with Gasteiger partial charge in [-0.2, -0.15) is 0 Å². The van der Waals surface area contributed by atoms with Crippen molar-refractivity contribution in [2.24, 2.45) is 5.84 Å². The highest BCUT2D eigenvalue weighted by Crippen LogP contribution is 2.35. The van der Waals surface area contributed by atoms with Gasteiger partial charge in [-0.05, 0) is 23.3 Å². The van der Waals surface area contributed by atoms with E-state index in [2.05, 4.69) is 10.3 Å². The Morgan fingerprint density at radius 2 is 2.24 bits per heavy atom. The maximum Gasteiger partial charge on any atom is 0.220 e. The standard InChI is InChI=1S/C18H23N5O2/c1-3-18(24)22-16-10-25-9-14-12(7-21-8-13(14)16)11-4-5-15(19)17(6-11)23(2)20/h4-8,16H,3,9-10,19-20H2,1-2H3,(H,22,24). The number of nitrogen functional groups attached to an aromatic ring is 1. The van der Waals surface area contributed by atoms with E-state index in [0.29, 0.717) is 25.3 Å². The number of aromatic nitrogens is 1. The number of hydrogen-bond donors (Lipinski definition) is 3. The number of nitrogens with two attached hydrogens (primary N) is 2. The highest BCUT2D eigenvalue weighted by Gasteiger charge is 2.25. The van der Waals surface area contributed by atoms with Crippen molar-refractivity contribution < 1.29 is 9.53 Å². The fourth-order valence-electron chi connectivity index (χ4n) is 3.01. The van der Waals surface area contributed by atoms with E-state index in [9.17, 15) is 4.79 Å². The quantitative estimate of drug-likeness (QED) is 0.444. The first-order valence-electron chi connectivity index (χ1n) is 8.23. The summed E-state index contributed by atoms with van der Waals surface area (Å²) in [5.74, 6) is 5.85. The number of hydrogen-bond acceptors (Lipinski definition) is 6. The van der Waals surface area contributed by atoms with Crippen LogP contribution in [0.2, 0.25) is 0 Å². The van der Waals surface area contributed by atoms with E-state index in [1.165, 1.54) is 5.01 Å². The van der Waals surface area contributed by atoms with E-state index in [0.717, 1.165) is 27.9 Å². The maximum atomic E-state index is 11.8. The predicted octanol–water partition coefficient (Wildman–Crippen LogP) is 1.74. The first-order chi connectivity index (χ1) is 12.0. The average Bonchev–Trinajstić information content (AvgIpc) is 2.61. The van der Waals surface area contributed by atoms with E-state index >= 15 is 0 Å². The molecule has 1 aliphatic rings. The Bertz CT molecular complexity index is 791. The molecule has 0 fully saturated rings. The summed E-state index contributed by atoms with van der Waals surface area (Å²) in [5.41, 5.74) is 11.3. The molecule has 1 atom stereocenters. The molecule has 1 aliphatic heterocycles. The van der Waals surface area contributed by atoms with Crippen molar-refractivity contribution in [2.45, 2.75) is 26.0 Å². The number of fused-ring (bicyclic) bond motifs is 1. The Hall–Kier alpha value is -2.64. The fraction of sp³-hybridized carbons (Fsp3) is 0.333. The highest BCUT2D eigenvalue weighted by molar-refractivity contribution is 5.79. The summed E-state index contributed by atoms with van der Waals surface area (Å²) in [6.45, 7) is 2.75. The Morgan fingerprint density at radius 1 is 1.44 bits per heavy atom. The van der Waals surface area contributed by atoms with Crippen molar-refractivity contribution in [1.29, 1.82) is 0 Å². The number of pyridine rings is 1. The topological polar surface area (TPSA) is 106 Å². The Morgan fingerprint density at radius 3 is 2.96 bits per heavy atom. The molecular weight excluding hydrogens is 318 g/mol. The maximum absolute atomic E-state index is 11.8. The van der Waals surface area contributed by atoms with Gasteiger partial charge in [0.1, 0.15) is 0 Å². The predicted molar refractivity (Wildman–Crippen MR) is 97.5 cm³/mol. The Labute approximate surface area is 146 Å². The van der Waals surface area contributed by atoms with Crippen LogP contribution < -0.4 is 21.9 Å². The van der Waals surface area contributed by atoms with Gasteiger partial charge in [0.15, 0.2) is 0 Å². The van der Waals surface area contributed by atoms with Gasteiger partial charge < -0.3 is 20.8 Å². The molecule has 2 aromatic rings. The van der Waals surface area contributed by atoms with Crippen LogP contribution in [-0.4, -0.2) is 24.5 Å². The molecule has 25 heavy (non-hydrogen) atoms. The van der Waals surface area contributed by atoms with Crippen LogP contribution in [0.5, 0.6) is 0 Å². The number of anilines is 2. The van der Waals surface area contributed by atoms with Crippen molar-refractivity contribution in [3.63, 3.8) is 0 Å².